The molecular formula is C45H31N5S. The number of fused-ring (bicyclic) bond motifs is 4. The van der Waals surface area contributed by atoms with Gasteiger partial charge >= 0.3 is 0 Å². The van der Waals surface area contributed by atoms with Gasteiger partial charge in [0.25, 0.3) is 0 Å². The van der Waals surface area contributed by atoms with Crippen molar-refractivity contribution >= 4 is 55.4 Å². The summed E-state index contributed by atoms with van der Waals surface area (Å²) in [5.74, 6) is 1.80. The van der Waals surface area contributed by atoms with Crippen molar-refractivity contribution in [1.29, 1.82) is 0 Å². The van der Waals surface area contributed by atoms with Gasteiger partial charge in [-0.3, -0.25) is 4.98 Å². The van der Waals surface area contributed by atoms with Crippen molar-refractivity contribution in [2.24, 2.45) is 0 Å². The number of pyridine rings is 1. The van der Waals surface area contributed by atoms with E-state index in [2.05, 4.69) is 97.0 Å². The van der Waals surface area contributed by atoms with Gasteiger partial charge in [0.2, 0.25) is 0 Å². The second-order valence-electron chi connectivity index (χ2n) is 12.3. The Morgan fingerprint density at radius 2 is 1.20 bits per heavy atom. The number of para-hydroxylation sites is 1. The van der Waals surface area contributed by atoms with Crippen LogP contribution in [0.1, 0.15) is 17.4 Å². The van der Waals surface area contributed by atoms with Crippen LogP contribution in [-0.4, -0.2) is 24.5 Å². The largest absolute Gasteiger partial charge is 0.308 e. The molecule has 9 rings (SSSR count). The standard InChI is InChI=1S/C45H31N5S/c1-3-13-41-35(4-2)38-25-31(21-23-42(38)51-41)32-20-22-37-36-18-11-12-19-39(36)50(40(37)26-32)34-24-33(27-46-28-34)45-48-43(29-14-7-5-8-15-29)47-44(49-45)30-16-9-6-10-17-30/h3-28H,2H2,1H3/b13-3-. The van der Waals surface area contributed by atoms with Crippen LogP contribution in [0.15, 0.2) is 152 Å². The lowest BCUT2D eigenvalue weighted by Gasteiger charge is -2.11. The molecule has 242 valence electrons. The first-order chi connectivity index (χ1) is 25.2. The molecule has 0 aliphatic rings. The minimum atomic E-state index is 0.567. The van der Waals surface area contributed by atoms with Crippen molar-refractivity contribution in [3.05, 3.63) is 163 Å². The maximum absolute atomic E-state index is 4.97. The van der Waals surface area contributed by atoms with Crippen LogP contribution in [0.4, 0.5) is 0 Å². The van der Waals surface area contributed by atoms with E-state index in [0.717, 1.165) is 44.5 Å². The Balaban J connectivity index is 1.21. The highest BCUT2D eigenvalue weighted by molar-refractivity contribution is 7.20. The van der Waals surface area contributed by atoms with Gasteiger partial charge in [-0.2, -0.15) is 0 Å². The zero-order chi connectivity index (χ0) is 34.3. The van der Waals surface area contributed by atoms with Gasteiger partial charge < -0.3 is 4.57 Å². The van der Waals surface area contributed by atoms with Gasteiger partial charge in [0.05, 0.1) is 22.9 Å². The zero-order valence-corrected chi connectivity index (χ0v) is 28.7. The summed E-state index contributed by atoms with van der Waals surface area (Å²) in [6.45, 7) is 6.18. The Morgan fingerprint density at radius 3 is 1.90 bits per heavy atom. The van der Waals surface area contributed by atoms with Crippen LogP contribution in [0.2, 0.25) is 0 Å². The molecule has 6 heteroatoms. The molecule has 4 aromatic heterocycles. The van der Waals surface area contributed by atoms with E-state index in [0.29, 0.717) is 17.5 Å². The molecule has 4 heterocycles. The van der Waals surface area contributed by atoms with Gasteiger partial charge in [-0.1, -0.05) is 116 Å². The van der Waals surface area contributed by atoms with Crippen LogP contribution in [-0.2, 0) is 0 Å². The summed E-state index contributed by atoms with van der Waals surface area (Å²) in [5.41, 5.74) is 9.27. The summed E-state index contributed by atoms with van der Waals surface area (Å²) < 4.78 is 3.55. The number of nitrogens with zero attached hydrogens (tertiary/aromatic N) is 5. The lowest BCUT2D eigenvalue weighted by atomic mass is 10.0. The zero-order valence-electron chi connectivity index (χ0n) is 27.9. The quantitative estimate of drug-likeness (QED) is 0.169. The van der Waals surface area contributed by atoms with Crippen LogP contribution in [0, 0.1) is 0 Å². The van der Waals surface area contributed by atoms with E-state index in [-0.39, 0.29) is 0 Å². The first-order valence-electron chi connectivity index (χ1n) is 16.9. The summed E-state index contributed by atoms with van der Waals surface area (Å²) >= 11 is 1.80. The Hall–Kier alpha value is -6.50. The van der Waals surface area contributed by atoms with Crippen LogP contribution in [0.25, 0.3) is 95.0 Å². The third-order valence-corrected chi connectivity index (χ3v) is 10.4. The summed E-state index contributed by atoms with van der Waals surface area (Å²) in [5, 5.41) is 3.58. The Labute approximate surface area is 299 Å². The molecule has 0 unspecified atom stereocenters. The molecule has 0 spiro atoms. The number of allylic oxidation sites excluding steroid dienone is 1. The van der Waals surface area contributed by atoms with E-state index >= 15 is 0 Å². The summed E-state index contributed by atoms with van der Waals surface area (Å²) in [6, 6.07) is 44.2. The summed E-state index contributed by atoms with van der Waals surface area (Å²) in [4.78, 5) is 20.8. The highest BCUT2D eigenvalue weighted by Gasteiger charge is 2.17. The Bertz CT molecular complexity index is 2720. The van der Waals surface area contributed by atoms with Crippen molar-refractivity contribution in [1.82, 2.24) is 24.5 Å². The van der Waals surface area contributed by atoms with E-state index in [1.54, 1.807) is 11.3 Å². The number of hydrogen-bond acceptors (Lipinski definition) is 5. The van der Waals surface area contributed by atoms with Gasteiger partial charge in [-0.15, -0.1) is 11.3 Å². The third-order valence-electron chi connectivity index (χ3n) is 9.22. The third kappa shape index (κ3) is 5.43. The molecule has 0 atom stereocenters. The molecule has 0 saturated carbocycles. The minimum absolute atomic E-state index is 0.567. The molecule has 0 amide bonds. The monoisotopic (exact) mass is 673 g/mol. The summed E-state index contributed by atoms with van der Waals surface area (Å²) in [6.07, 6.45) is 9.96. The molecule has 5 aromatic carbocycles. The van der Waals surface area contributed by atoms with Crippen molar-refractivity contribution in [2.75, 3.05) is 0 Å². The molecule has 5 nitrogen and oxygen atoms in total. The molecule has 0 saturated heterocycles. The van der Waals surface area contributed by atoms with Crippen LogP contribution in [0.5, 0.6) is 0 Å². The first kappa shape index (κ1) is 30.6. The number of benzene rings is 5. The van der Waals surface area contributed by atoms with Crippen molar-refractivity contribution in [2.45, 2.75) is 6.92 Å². The van der Waals surface area contributed by atoms with Gasteiger partial charge in [0.15, 0.2) is 17.5 Å². The smallest absolute Gasteiger partial charge is 0.165 e. The lowest BCUT2D eigenvalue weighted by Crippen LogP contribution is -2.01. The van der Waals surface area contributed by atoms with E-state index in [1.807, 2.05) is 79.1 Å². The number of rotatable bonds is 7. The highest BCUT2D eigenvalue weighted by atomic mass is 32.1. The van der Waals surface area contributed by atoms with Gasteiger partial charge in [-0.25, -0.2) is 15.0 Å². The molecule has 0 aliphatic carbocycles. The molecule has 0 N–H and O–H groups in total. The molecule has 9 aromatic rings. The maximum atomic E-state index is 4.97. The van der Waals surface area contributed by atoms with E-state index < -0.39 is 0 Å². The maximum Gasteiger partial charge on any atom is 0.165 e. The highest BCUT2D eigenvalue weighted by Crippen LogP contribution is 2.39. The van der Waals surface area contributed by atoms with E-state index in [1.165, 1.54) is 31.3 Å². The van der Waals surface area contributed by atoms with Gasteiger partial charge in [-0.05, 0) is 60.0 Å². The Kier molecular flexibility index (Phi) is 7.64. The molecule has 51 heavy (non-hydrogen) atoms. The molecule has 0 radical (unpaired) electrons. The van der Waals surface area contributed by atoms with Crippen LogP contribution < -0.4 is 0 Å². The van der Waals surface area contributed by atoms with Crippen LogP contribution in [0.3, 0.4) is 0 Å². The average Bonchev–Trinajstić information content (AvgIpc) is 3.72. The van der Waals surface area contributed by atoms with Crippen molar-refractivity contribution < 1.29 is 0 Å². The minimum Gasteiger partial charge on any atom is -0.308 e. The van der Waals surface area contributed by atoms with Crippen molar-refractivity contribution in [3.63, 3.8) is 0 Å². The first-order valence-corrected chi connectivity index (χ1v) is 17.7. The van der Waals surface area contributed by atoms with Gasteiger partial charge in [0, 0.05) is 48.6 Å². The predicted molar refractivity (Wildman–Crippen MR) is 214 cm³/mol. The molecule has 0 fully saturated rings. The number of aromatic nitrogens is 5. The number of thiophene rings is 1. The molecule has 0 aliphatic heterocycles. The fourth-order valence-corrected chi connectivity index (χ4v) is 8.00. The Morgan fingerprint density at radius 1 is 0.569 bits per heavy atom. The fourth-order valence-electron chi connectivity index (χ4n) is 6.84. The summed E-state index contributed by atoms with van der Waals surface area (Å²) in [7, 11) is 0. The van der Waals surface area contributed by atoms with Gasteiger partial charge in [0.1, 0.15) is 0 Å². The lowest BCUT2D eigenvalue weighted by molar-refractivity contribution is 1.06. The fraction of sp³-hybridized carbons (Fsp3) is 0.0222. The normalized spacial score (nSPS) is 11.6. The molecular weight excluding hydrogens is 643 g/mol. The second-order valence-corrected chi connectivity index (χ2v) is 13.4. The van der Waals surface area contributed by atoms with E-state index in [9.17, 15) is 0 Å². The predicted octanol–water partition coefficient (Wildman–Crippen LogP) is 11.9. The molecule has 0 bridgehead atoms. The topological polar surface area (TPSA) is 56.5 Å². The second kappa shape index (κ2) is 12.8. The SMILES string of the molecule is C=Cc1c(/C=C\C)sc2ccc(-c3ccc4c5ccccc5n(-c5cncc(-c6nc(-c7ccccc7)nc(-c7ccccc7)n6)c5)c4c3)cc12. The van der Waals surface area contributed by atoms with Crippen LogP contribution >= 0.6 is 11.3 Å². The number of hydrogen-bond donors (Lipinski definition) is 0. The van der Waals surface area contributed by atoms with E-state index in [4.69, 9.17) is 19.9 Å². The van der Waals surface area contributed by atoms with Crippen molar-refractivity contribution in [3.8, 4) is 51.0 Å². The average molecular weight is 674 g/mol.